The summed E-state index contributed by atoms with van der Waals surface area (Å²) in [4.78, 5) is 17.0. The Labute approximate surface area is 155 Å². The quantitative estimate of drug-likeness (QED) is 0.690. The molecule has 1 saturated carbocycles. The minimum Gasteiger partial charge on any atom is -0.493 e. The minimum absolute atomic E-state index is 0.206. The summed E-state index contributed by atoms with van der Waals surface area (Å²) in [5.74, 6) is 0.698. The van der Waals surface area contributed by atoms with Gasteiger partial charge >= 0.3 is 0 Å². The van der Waals surface area contributed by atoms with Crippen molar-refractivity contribution in [2.24, 2.45) is 10.9 Å². The van der Waals surface area contributed by atoms with Crippen molar-refractivity contribution in [3.63, 3.8) is 0 Å². The number of hydrogen-bond donors (Lipinski definition) is 2. The number of hydrogen-bond acceptors (Lipinski definition) is 5. The van der Waals surface area contributed by atoms with Crippen LogP contribution in [0.25, 0.3) is 11.0 Å². The molecule has 0 aliphatic heterocycles. The second kappa shape index (κ2) is 6.59. The molecule has 1 atom stereocenters. The molecule has 0 saturated heterocycles. The fourth-order valence-electron chi connectivity index (χ4n) is 3.14. The molecule has 7 heteroatoms. The maximum atomic E-state index is 12.8. The van der Waals surface area contributed by atoms with E-state index >= 15 is 0 Å². The summed E-state index contributed by atoms with van der Waals surface area (Å²) < 4.78 is 12.1. The van der Waals surface area contributed by atoms with Crippen molar-refractivity contribution < 1.29 is 24.3 Å². The third-order valence-electron chi connectivity index (χ3n) is 4.81. The Morgan fingerprint density at radius 3 is 2.81 bits per heavy atom. The van der Waals surface area contributed by atoms with Gasteiger partial charge in [-0.2, -0.15) is 0 Å². The molecular formula is C20H20N2O5. The zero-order valence-corrected chi connectivity index (χ0v) is 15.0. The zero-order chi connectivity index (χ0) is 19.1. The predicted octanol–water partition coefficient (Wildman–Crippen LogP) is 2.97. The maximum absolute atomic E-state index is 12.8. The van der Waals surface area contributed by atoms with E-state index in [9.17, 15) is 15.1 Å². The van der Waals surface area contributed by atoms with Crippen molar-refractivity contribution in [3.05, 3.63) is 58.9 Å². The summed E-state index contributed by atoms with van der Waals surface area (Å²) in [5.41, 5.74) is 1.45. The lowest BCUT2D eigenvalue weighted by molar-refractivity contribution is 0.0999. The van der Waals surface area contributed by atoms with Gasteiger partial charge in [0.1, 0.15) is 11.9 Å². The van der Waals surface area contributed by atoms with Crippen LogP contribution >= 0.6 is 0 Å². The van der Waals surface area contributed by atoms with E-state index in [1.165, 1.54) is 19.5 Å². The molecule has 1 aliphatic carbocycles. The van der Waals surface area contributed by atoms with Gasteiger partial charge in [-0.15, -0.1) is 0 Å². The molecule has 27 heavy (non-hydrogen) atoms. The Morgan fingerprint density at radius 2 is 2.15 bits per heavy atom. The highest BCUT2D eigenvalue weighted by Gasteiger charge is 2.33. The van der Waals surface area contributed by atoms with Gasteiger partial charge in [0.2, 0.25) is 0 Å². The third kappa shape index (κ3) is 3.21. The Bertz CT molecular complexity index is 1090. The normalized spacial score (nSPS) is 15.9. The Hall–Kier alpha value is -3.06. The number of carbonyl (C=O) groups excluding carboxylic acids is 1. The summed E-state index contributed by atoms with van der Waals surface area (Å²) in [6.07, 6.45) is 4.13. The first-order valence-electron chi connectivity index (χ1n) is 8.73. The zero-order valence-electron chi connectivity index (χ0n) is 15.0. The summed E-state index contributed by atoms with van der Waals surface area (Å²) in [6, 6.07) is 6.55. The average Bonchev–Trinajstić information content (AvgIpc) is 3.40. The molecule has 2 aromatic heterocycles. The molecule has 7 nitrogen and oxygen atoms in total. The smallest absolute Gasteiger partial charge is 0.278 e. The van der Waals surface area contributed by atoms with Crippen LogP contribution < -0.4 is 10.1 Å². The van der Waals surface area contributed by atoms with E-state index in [1.807, 2.05) is 0 Å². The van der Waals surface area contributed by atoms with Crippen molar-refractivity contribution in [1.82, 2.24) is 4.73 Å². The van der Waals surface area contributed by atoms with Crippen LogP contribution in [-0.2, 0) is 0 Å². The Kier molecular flexibility index (Phi) is 4.24. The second-order valence-corrected chi connectivity index (χ2v) is 6.80. The molecular weight excluding hydrogens is 348 g/mol. The lowest BCUT2D eigenvalue weighted by Crippen LogP contribution is -2.12. The number of amides is 1. The highest BCUT2D eigenvalue weighted by Crippen LogP contribution is 2.43. The van der Waals surface area contributed by atoms with E-state index in [-0.39, 0.29) is 5.92 Å². The number of pyridine rings is 1. The lowest BCUT2D eigenvalue weighted by atomic mass is 10.1. The number of ether oxygens (including phenoxy) is 1. The third-order valence-corrected chi connectivity index (χ3v) is 4.81. The van der Waals surface area contributed by atoms with E-state index < -0.39 is 12.0 Å². The second-order valence-electron chi connectivity index (χ2n) is 6.80. The fraction of sp³-hybridized carbons (Fsp3) is 0.300. The number of aliphatic hydroxyl groups is 1. The predicted molar refractivity (Wildman–Crippen MR) is 96.7 cm³/mol. The van der Waals surface area contributed by atoms with Gasteiger partial charge < -0.3 is 19.5 Å². The first-order chi connectivity index (χ1) is 13.0. The first kappa shape index (κ1) is 17.4. The van der Waals surface area contributed by atoms with Crippen LogP contribution in [0.3, 0.4) is 0 Å². The molecule has 1 fully saturated rings. The summed E-state index contributed by atoms with van der Waals surface area (Å²) in [5, 5.41) is 20.8. The van der Waals surface area contributed by atoms with E-state index in [0.29, 0.717) is 39.0 Å². The summed E-state index contributed by atoms with van der Waals surface area (Å²) >= 11 is 0. The van der Waals surface area contributed by atoms with Crippen LogP contribution in [0.15, 0.2) is 46.1 Å². The number of rotatable bonds is 4. The van der Waals surface area contributed by atoms with Crippen molar-refractivity contribution in [2.75, 3.05) is 7.11 Å². The van der Waals surface area contributed by atoms with Crippen LogP contribution in [0.1, 0.15) is 40.6 Å². The lowest BCUT2D eigenvalue weighted by Gasteiger charge is -2.04. The van der Waals surface area contributed by atoms with Gasteiger partial charge in [-0.1, -0.05) is 0 Å². The Balaban J connectivity index is 1.82. The van der Waals surface area contributed by atoms with Gasteiger partial charge in [0.25, 0.3) is 5.91 Å². The number of methoxy groups -OCH3 is 1. The van der Waals surface area contributed by atoms with Crippen molar-refractivity contribution >= 4 is 16.9 Å². The van der Waals surface area contributed by atoms with Gasteiger partial charge in [0.05, 0.1) is 18.0 Å². The number of fused-ring (bicyclic) bond motifs is 1. The van der Waals surface area contributed by atoms with Gasteiger partial charge in [-0.25, -0.2) is 9.72 Å². The monoisotopic (exact) mass is 368 g/mol. The number of carbonyl (C=O) groups is 1. The molecule has 3 aromatic rings. The molecule has 1 aliphatic rings. The molecule has 2 heterocycles. The maximum Gasteiger partial charge on any atom is 0.278 e. The molecule has 0 spiro atoms. The van der Waals surface area contributed by atoms with E-state index in [4.69, 9.17) is 9.15 Å². The number of aliphatic hydroxyl groups excluding tert-OH is 1. The fourth-order valence-corrected chi connectivity index (χ4v) is 3.14. The van der Waals surface area contributed by atoms with Crippen LogP contribution in [0.4, 0.5) is 0 Å². The van der Waals surface area contributed by atoms with E-state index in [0.717, 1.165) is 17.6 Å². The van der Waals surface area contributed by atoms with Crippen LogP contribution in [0.5, 0.6) is 5.75 Å². The number of benzene rings is 1. The van der Waals surface area contributed by atoms with Crippen LogP contribution in [0, 0.1) is 12.8 Å². The Morgan fingerprint density at radius 1 is 1.37 bits per heavy atom. The van der Waals surface area contributed by atoms with Crippen molar-refractivity contribution in [2.45, 2.75) is 25.9 Å². The molecule has 0 radical (unpaired) electrons. The number of furan rings is 1. The van der Waals surface area contributed by atoms with E-state index in [2.05, 4.69) is 4.99 Å². The summed E-state index contributed by atoms with van der Waals surface area (Å²) in [7, 11) is 1.53. The van der Waals surface area contributed by atoms with Crippen LogP contribution in [0.2, 0.25) is 0 Å². The minimum atomic E-state index is -0.682. The standard InChI is InChI=1S/C20H20N2O5/c1-11-10-22(25)8-7-15(11)21-20(24)13-5-6-16(26-2)19-14(13)9-17(27-19)18(23)12-3-4-12/h5-10,12,18,23,25H,3-4H2,1-2H3. The number of aryl methyl sites for hydroxylation is 1. The molecule has 1 amide bonds. The topological polar surface area (TPSA) is 97.2 Å². The molecule has 4 rings (SSSR count). The molecule has 1 unspecified atom stereocenters. The molecule has 0 bridgehead atoms. The van der Waals surface area contributed by atoms with Crippen LogP contribution in [-0.4, -0.2) is 28.1 Å². The van der Waals surface area contributed by atoms with E-state index in [1.54, 1.807) is 31.2 Å². The largest absolute Gasteiger partial charge is 0.493 e. The van der Waals surface area contributed by atoms with Gasteiger partial charge in [0, 0.05) is 17.8 Å². The van der Waals surface area contributed by atoms with Gasteiger partial charge in [-0.05, 0) is 55.5 Å². The number of nitrogens with zero attached hydrogens (tertiary/aromatic N) is 2. The summed E-state index contributed by atoms with van der Waals surface area (Å²) in [6.45, 7) is 1.75. The highest BCUT2D eigenvalue weighted by atomic mass is 16.5. The SMILES string of the molecule is COc1ccc(C(=O)N=c2ccn(O)cc2C)c2cc(C(O)C3CC3)oc12. The van der Waals surface area contributed by atoms with Crippen molar-refractivity contribution in [1.29, 1.82) is 0 Å². The van der Waals surface area contributed by atoms with Gasteiger partial charge in [0.15, 0.2) is 11.3 Å². The highest BCUT2D eigenvalue weighted by molar-refractivity contribution is 6.07. The van der Waals surface area contributed by atoms with Crippen molar-refractivity contribution in [3.8, 4) is 5.75 Å². The average molecular weight is 368 g/mol. The molecule has 2 N–H and O–H groups in total. The molecule has 140 valence electrons. The van der Waals surface area contributed by atoms with Gasteiger partial charge in [-0.3, -0.25) is 4.79 Å². The first-order valence-corrected chi connectivity index (χ1v) is 8.73. The number of aromatic nitrogens is 1. The molecule has 1 aromatic carbocycles.